The lowest BCUT2D eigenvalue weighted by Gasteiger charge is -2.25. The Hall–Kier alpha value is -1.07. The lowest BCUT2D eigenvalue weighted by Crippen LogP contribution is -2.43. The highest BCUT2D eigenvalue weighted by molar-refractivity contribution is 7.89. The molecule has 1 aromatic carbocycles. The van der Waals surface area contributed by atoms with Gasteiger partial charge < -0.3 is 5.73 Å². The number of rotatable bonds is 3. The lowest BCUT2D eigenvalue weighted by molar-refractivity contribution is 0.427. The minimum atomic E-state index is -3.55. The molecule has 1 aliphatic rings. The molecule has 0 atom stereocenters. The summed E-state index contributed by atoms with van der Waals surface area (Å²) in [5, 5.41) is 0. The van der Waals surface area contributed by atoms with Crippen LogP contribution in [0.5, 0.6) is 0 Å². The molecule has 0 heterocycles. The van der Waals surface area contributed by atoms with Crippen molar-refractivity contribution < 1.29 is 8.42 Å². The van der Waals surface area contributed by atoms with Gasteiger partial charge in [-0.25, -0.2) is 13.1 Å². The van der Waals surface area contributed by atoms with Gasteiger partial charge in [0.2, 0.25) is 10.0 Å². The van der Waals surface area contributed by atoms with Gasteiger partial charge in [0.25, 0.3) is 0 Å². The number of nitrogens with one attached hydrogen (secondary N) is 1. The smallest absolute Gasteiger partial charge is 0.243 e. The summed E-state index contributed by atoms with van der Waals surface area (Å²) >= 11 is 0. The Bertz CT molecular complexity index is 588. The maximum atomic E-state index is 12.5. The molecular formula is C14H22N2O2S. The Morgan fingerprint density at radius 1 is 1.16 bits per heavy atom. The van der Waals surface area contributed by atoms with Crippen LogP contribution in [0.4, 0.5) is 5.69 Å². The van der Waals surface area contributed by atoms with Crippen LogP contribution in [0.3, 0.4) is 0 Å². The van der Waals surface area contributed by atoms with E-state index in [9.17, 15) is 8.42 Å². The Labute approximate surface area is 115 Å². The van der Waals surface area contributed by atoms with Crippen molar-refractivity contribution in [3.8, 4) is 0 Å². The molecule has 5 heteroatoms. The molecule has 0 aliphatic heterocycles. The SMILES string of the molecule is Cc1cc(N)c(S(=O)(=O)NC2(C)CCCC2)cc1C. The molecule has 0 spiro atoms. The van der Waals surface area contributed by atoms with Crippen molar-refractivity contribution >= 4 is 15.7 Å². The van der Waals surface area contributed by atoms with Crippen molar-refractivity contribution in [2.75, 3.05) is 5.73 Å². The normalized spacial score (nSPS) is 18.7. The third-order valence-corrected chi connectivity index (χ3v) is 5.70. The van der Waals surface area contributed by atoms with Crippen LogP contribution in [0.2, 0.25) is 0 Å². The molecule has 0 radical (unpaired) electrons. The van der Waals surface area contributed by atoms with Gasteiger partial charge >= 0.3 is 0 Å². The van der Waals surface area contributed by atoms with Gasteiger partial charge in [-0.3, -0.25) is 0 Å². The Morgan fingerprint density at radius 3 is 2.26 bits per heavy atom. The summed E-state index contributed by atoms with van der Waals surface area (Å²) < 4.78 is 27.8. The summed E-state index contributed by atoms with van der Waals surface area (Å²) in [4.78, 5) is 0.198. The number of hydrogen-bond acceptors (Lipinski definition) is 3. The maximum absolute atomic E-state index is 12.5. The van der Waals surface area contributed by atoms with Crippen LogP contribution in [0.15, 0.2) is 17.0 Å². The van der Waals surface area contributed by atoms with E-state index in [0.717, 1.165) is 36.8 Å². The molecule has 0 aromatic heterocycles. The zero-order valence-electron chi connectivity index (χ0n) is 11.8. The van der Waals surface area contributed by atoms with Crippen molar-refractivity contribution in [1.82, 2.24) is 4.72 Å². The molecule has 0 saturated heterocycles. The van der Waals surface area contributed by atoms with Crippen molar-refractivity contribution in [2.24, 2.45) is 0 Å². The summed E-state index contributed by atoms with van der Waals surface area (Å²) in [5.41, 5.74) is 7.80. The first-order valence-corrected chi connectivity index (χ1v) is 8.13. The van der Waals surface area contributed by atoms with E-state index in [1.54, 1.807) is 12.1 Å². The largest absolute Gasteiger partial charge is 0.398 e. The summed E-state index contributed by atoms with van der Waals surface area (Å²) in [6.07, 6.45) is 3.91. The average Bonchev–Trinajstić information content (AvgIpc) is 2.68. The fourth-order valence-electron chi connectivity index (χ4n) is 2.68. The van der Waals surface area contributed by atoms with Crippen LogP contribution in [0.25, 0.3) is 0 Å². The average molecular weight is 282 g/mol. The maximum Gasteiger partial charge on any atom is 0.243 e. The molecule has 2 rings (SSSR count). The highest BCUT2D eigenvalue weighted by Gasteiger charge is 2.34. The standard InChI is InChI=1S/C14H22N2O2S/c1-10-8-12(15)13(9-11(10)2)19(17,18)16-14(3)6-4-5-7-14/h8-9,16H,4-7,15H2,1-3H3. The number of aryl methyl sites for hydroxylation is 2. The van der Waals surface area contributed by atoms with Gasteiger partial charge in [0.15, 0.2) is 0 Å². The first-order valence-electron chi connectivity index (χ1n) is 6.64. The molecule has 4 nitrogen and oxygen atoms in total. The van der Waals surface area contributed by atoms with Gasteiger partial charge in [-0.1, -0.05) is 12.8 Å². The van der Waals surface area contributed by atoms with E-state index in [1.807, 2.05) is 20.8 Å². The predicted octanol–water partition coefficient (Wildman–Crippen LogP) is 2.50. The van der Waals surface area contributed by atoms with E-state index in [-0.39, 0.29) is 10.4 Å². The van der Waals surface area contributed by atoms with Crippen molar-refractivity contribution in [3.63, 3.8) is 0 Å². The van der Waals surface area contributed by atoms with Crippen molar-refractivity contribution in [3.05, 3.63) is 23.3 Å². The lowest BCUT2D eigenvalue weighted by atomic mass is 10.0. The number of benzene rings is 1. The second-order valence-electron chi connectivity index (χ2n) is 5.85. The number of hydrogen-bond donors (Lipinski definition) is 2. The molecular weight excluding hydrogens is 260 g/mol. The van der Waals surface area contributed by atoms with E-state index in [1.165, 1.54) is 0 Å². The summed E-state index contributed by atoms with van der Waals surface area (Å²) in [6.45, 7) is 5.79. The van der Waals surface area contributed by atoms with E-state index in [0.29, 0.717) is 5.69 Å². The van der Waals surface area contributed by atoms with Gasteiger partial charge in [-0.05, 0) is 56.9 Å². The number of nitrogen functional groups attached to an aromatic ring is 1. The van der Waals surface area contributed by atoms with E-state index in [4.69, 9.17) is 5.73 Å². The van der Waals surface area contributed by atoms with Gasteiger partial charge in [0.05, 0.1) is 5.69 Å². The first-order chi connectivity index (χ1) is 8.73. The van der Waals surface area contributed by atoms with E-state index in [2.05, 4.69) is 4.72 Å². The van der Waals surface area contributed by atoms with Gasteiger partial charge in [-0.15, -0.1) is 0 Å². The second-order valence-corrected chi connectivity index (χ2v) is 7.50. The van der Waals surface area contributed by atoms with Crippen LogP contribution in [0, 0.1) is 13.8 Å². The number of nitrogens with two attached hydrogens (primary N) is 1. The molecule has 19 heavy (non-hydrogen) atoms. The van der Waals surface area contributed by atoms with Crippen LogP contribution >= 0.6 is 0 Å². The fraction of sp³-hybridized carbons (Fsp3) is 0.571. The van der Waals surface area contributed by atoms with Crippen molar-refractivity contribution in [2.45, 2.75) is 56.9 Å². The zero-order valence-corrected chi connectivity index (χ0v) is 12.6. The van der Waals surface area contributed by atoms with E-state index >= 15 is 0 Å². The van der Waals surface area contributed by atoms with Crippen LogP contribution in [-0.4, -0.2) is 14.0 Å². The fourth-order valence-corrected chi connectivity index (χ4v) is 4.35. The quantitative estimate of drug-likeness (QED) is 0.837. The second kappa shape index (κ2) is 4.80. The summed E-state index contributed by atoms with van der Waals surface area (Å²) in [7, 11) is -3.55. The number of anilines is 1. The third-order valence-electron chi connectivity index (χ3n) is 4.00. The molecule has 1 fully saturated rings. The molecule has 0 bridgehead atoms. The molecule has 1 aliphatic carbocycles. The molecule has 0 amide bonds. The first kappa shape index (κ1) is 14.3. The predicted molar refractivity (Wildman–Crippen MR) is 77.5 cm³/mol. The van der Waals surface area contributed by atoms with E-state index < -0.39 is 10.0 Å². The highest BCUT2D eigenvalue weighted by Crippen LogP contribution is 2.32. The van der Waals surface area contributed by atoms with Crippen LogP contribution < -0.4 is 10.5 Å². The van der Waals surface area contributed by atoms with Crippen LogP contribution in [0.1, 0.15) is 43.7 Å². The van der Waals surface area contributed by atoms with Gasteiger partial charge in [0.1, 0.15) is 4.90 Å². The minimum absolute atomic E-state index is 0.198. The van der Waals surface area contributed by atoms with Crippen molar-refractivity contribution in [1.29, 1.82) is 0 Å². The monoisotopic (exact) mass is 282 g/mol. The number of sulfonamides is 1. The topological polar surface area (TPSA) is 72.2 Å². The third kappa shape index (κ3) is 2.92. The molecule has 0 unspecified atom stereocenters. The van der Waals surface area contributed by atoms with Gasteiger partial charge in [-0.2, -0.15) is 0 Å². The molecule has 3 N–H and O–H groups in total. The minimum Gasteiger partial charge on any atom is -0.398 e. The summed E-state index contributed by atoms with van der Waals surface area (Å²) in [6, 6.07) is 3.38. The highest BCUT2D eigenvalue weighted by atomic mass is 32.2. The van der Waals surface area contributed by atoms with Crippen LogP contribution in [-0.2, 0) is 10.0 Å². The Morgan fingerprint density at radius 2 is 1.68 bits per heavy atom. The summed E-state index contributed by atoms with van der Waals surface area (Å²) in [5.74, 6) is 0. The Kier molecular flexibility index (Phi) is 3.62. The molecule has 1 saturated carbocycles. The van der Waals surface area contributed by atoms with Gasteiger partial charge in [0, 0.05) is 5.54 Å². The molecule has 106 valence electrons. The molecule has 1 aromatic rings. The zero-order chi connectivity index (χ0) is 14.3. The Balaban J connectivity index is 2.37.